The number of phenolic OH excluding ortho intramolecular Hbond substituents is 1. The predicted octanol–water partition coefficient (Wildman–Crippen LogP) is 7.74. The van der Waals surface area contributed by atoms with E-state index in [2.05, 4.69) is 64.2 Å². The molecule has 3 heterocycles. The van der Waals surface area contributed by atoms with Gasteiger partial charge in [-0.05, 0) is 97.3 Å². The molecule has 1 aliphatic carbocycles. The maximum atomic E-state index is 14.4. The Balaban J connectivity index is 1.12. The van der Waals surface area contributed by atoms with E-state index in [0.717, 1.165) is 66.5 Å². The number of nitrogens with zero attached hydrogens (tertiary/aromatic N) is 2. The van der Waals surface area contributed by atoms with E-state index in [1.54, 1.807) is 11.0 Å². The number of phenols is 1. The lowest BCUT2D eigenvalue weighted by Gasteiger charge is -2.43. The van der Waals surface area contributed by atoms with Gasteiger partial charge in [-0.2, -0.15) is 0 Å². The molecule has 0 bridgehead atoms. The first kappa shape index (κ1) is 34.9. The number of carbonyl (C=O) groups is 2. The molecule has 7 rings (SSSR count). The predicted molar refractivity (Wildman–Crippen MR) is 201 cm³/mol. The zero-order valence-corrected chi connectivity index (χ0v) is 30.3. The Morgan fingerprint density at radius 3 is 2.42 bits per heavy atom. The van der Waals surface area contributed by atoms with Gasteiger partial charge in [0.2, 0.25) is 11.8 Å². The Morgan fingerprint density at radius 2 is 1.70 bits per heavy atom. The maximum Gasteiger partial charge on any atom is 0.455 e. The Kier molecular flexibility index (Phi) is 10.8. The van der Waals surface area contributed by atoms with E-state index in [1.165, 1.54) is 11.1 Å². The third-order valence-electron chi connectivity index (χ3n) is 11.2. The number of likely N-dealkylation sites (tertiary alicyclic amines) is 2. The summed E-state index contributed by atoms with van der Waals surface area (Å²) in [5.41, 5.74) is 6.45. The molecular formula is C41H46BBrN2O5. The minimum atomic E-state index is -1.01. The van der Waals surface area contributed by atoms with Crippen LogP contribution in [0, 0.1) is 17.8 Å². The highest BCUT2D eigenvalue weighted by atomic mass is 79.9. The van der Waals surface area contributed by atoms with Crippen molar-refractivity contribution in [2.75, 3.05) is 13.1 Å². The summed E-state index contributed by atoms with van der Waals surface area (Å²) in [7, 11) is -1.01. The Bertz CT molecular complexity index is 1760. The van der Waals surface area contributed by atoms with Gasteiger partial charge in [-0.3, -0.25) is 19.4 Å². The zero-order chi connectivity index (χ0) is 34.8. The van der Waals surface area contributed by atoms with E-state index >= 15 is 0 Å². The molecule has 7 nitrogen and oxygen atoms in total. The van der Waals surface area contributed by atoms with Crippen LogP contribution in [0.5, 0.6) is 5.75 Å². The highest BCUT2D eigenvalue weighted by molar-refractivity contribution is 9.10. The van der Waals surface area contributed by atoms with Gasteiger partial charge in [-0.25, -0.2) is 0 Å². The minimum Gasteiger partial charge on any atom is -0.507 e. The van der Waals surface area contributed by atoms with Crippen LogP contribution in [0.3, 0.4) is 0 Å². The minimum absolute atomic E-state index is 0.0187. The number of fused-ring (bicyclic) bond motifs is 3. The first-order valence-corrected chi connectivity index (χ1v) is 19.0. The van der Waals surface area contributed by atoms with E-state index < -0.39 is 13.0 Å². The number of imide groups is 1. The van der Waals surface area contributed by atoms with E-state index in [4.69, 9.17) is 4.65 Å². The van der Waals surface area contributed by atoms with Gasteiger partial charge in [0.05, 0.1) is 17.9 Å². The van der Waals surface area contributed by atoms with Gasteiger partial charge < -0.3 is 14.8 Å². The van der Waals surface area contributed by atoms with Gasteiger partial charge in [0.15, 0.2) is 0 Å². The lowest BCUT2D eigenvalue weighted by Crippen LogP contribution is -2.48. The molecule has 3 aromatic rings. The fourth-order valence-electron chi connectivity index (χ4n) is 8.93. The number of piperidine rings is 1. The maximum absolute atomic E-state index is 14.4. The molecule has 0 radical (unpaired) electrons. The van der Waals surface area contributed by atoms with Crippen molar-refractivity contribution in [2.45, 2.75) is 76.9 Å². The van der Waals surface area contributed by atoms with E-state index in [1.807, 2.05) is 42.5 Å². The Hall–Kier alpha value is -3.50. The molecule has 2 N–H and O–H groups in total. The van der Waals surface area contributed by atoms with Gasteiger partial charge in [-0.1, -0.05) is 95.5 Å². The normalized spacial score (nSPS) is 24.9. The van der Waals surface area contributed by atoms with Gasteiger partial charge in [-0.15, -0.1) is 0 Å². The lowest BCUT2D eigenvalue weighted by atomic mass is 9.58. The molecular weight excluding hydrogens is 691 g/mol. The standard InChI is InChI=1S/C41H46BBrN2O5/c1-2-9-30-24-34-39(41(48)45(40(34)47)33-18-20-44(21-19-33)26-27-10-5-3-6-11-27)35-25-42(49)50-37(38(30)35)17-14-29(28-12-7-4-8-13-28)22-31-23-32(43)15-16-36(31)46/h3-8,10-13,15-16,22-23,33-35,37,39,46,49H,2,9,14,17-21,24-26H2,1H3/b29-22-/t34-,35+,37-,39-/m1/s1. The first-order chi connectivity index (χ1) is 24.3. The summed E-state index contributed by atoms with van der Waals surface area (Å²) in [4.78, 5) is 32.6. The molecule has 4 atom stereocenters. The van der Waals surface area contributed by atoms with Crippen LogP contribution in [0.15, 0.2) is 94.5 Å². The molecule has 0 unspecified atom stereocenters. The van der Waals surface area contributed by atoms with Gasteiger partial charge >= 0.3 is 7.12 Å². The molecule has 3 saturated heterocycles. The fraction of sp³-hybridized carbons (Fsp3) is 0.415. The number of amides is 2. The van der Waals surface area contributed by atoms with Gasteiger partial charge in [0.1, 0.15) is 5.75 Å². The Labute approximate surface area is 304 Å². The highest BCUT2D eigenvalue weighted by Gasteiger charge is 2.58. The molecule has 260 valence electrons. The average molecular weight is 738 g/mol. The average Bonchev–Trinajstić information content (AvgIpc) is 3.37. The monoisotopic (exact) mass is 736 g/mol. The summed E-state index contributed by atoms with van der Waals surface area (Å²) in [6.45, 7) is 4.73. The molecule has 9 heteroatoms. The molecule has 50 heavy (non-hydrogen) atoms. The fourth-order valence-corrected chi connectivity index (χ4v) is 9.31. The topological polar surface area (TPSA) is 90.3 Å². The number of hydrogen-bond donors (Lipinski definition) is 2. The second kappa shape index (κ2) is 15.4. The van der Waals surface area contributed by atoms with Crippen molar-refractivity contribution in [2.24, 2.45) is 17.8 Å². The molecule has 4 aliphatic rings. The first-order valence-electron chi connectivity index (χ1n) is 18.2. The summed E-state index contributed by atoms with van der Waals surface area (Å²) in [5.74, 6) is -0.915. The van der Waals surface area contributed by atoms with Crippen molar-refractivity contribution in [3.8, 4) is 5.75 Å². The molecule has 0 spiro atoms. The number of carbonyl (C=O) groups excluding carboxylic acids is 2. The van der Waals surface area contributed by atoms with Crippen LogP contribution in [0.25, 0.3) is 11.6 Å². The van der Waals surface area contributed by atoms with Crippen LogP contribution >= 0.6 is 15.9 Å². The number of halogens is 1. The molecule has 2 amide bonds. The van der Waals surface area contributed by atoms with Crippen LogP contribution in [-0.4, -0.2) is 64.1 Å². The summed E-state index contributed by atoms with van der Waals surface area (Å²) in [6, 6.07) is 25.9. The third kappa shape index (κ3) is 7.29. The van der Waals surface area contributed by atoms with E-state index in [9.17, 15) is 19.7 Å². The summed E-state index contributed by atoms with van der Waals surface area (Å²) in [6.07, 6.45) is 7.16. The smallest absolute Gasteiger partial charge is 0.455 e. The molecule has 3 aliphatic heterocycles. The number of benzene rings is 3. The highest BCUT2D eigenvalue weighted by Crippen LogP contribution is 2.52. The van der Waals surface area contributed by atoms with E-state index in [-0.39, 0.29) is 41.5 Å². The zero-order valence-electron chi connectivity index (χ0n) is 28.7. The third-order valence-corrected chi connectivity index (χ3v) is 11.7. The largest absolute Gasteiger partial charge is 0.507 e. The summed E-state index contributed by atoms with van der Waals surface area (Å²) in [5, 5.41) is 21.8. The number of allylic oxidation sites excluding steroid dienone is 2. The van der Waals surface area contributed by atoms with Crippen molar-refractivity contribution in [3.05, 3.63) is 111 Å². The van der Waals surface area contributed by atoms with Crippen LogP contribution in [0.4, 0.5) is 0 Å². The second-order valence-corrected chi connectivity index (χ2v) is 15.3. The van der Waals surface area contributed by atoms with Gasteiger partial charge in [0.25, 0.3) is 0 Å². The summed E-state index contributed by atoms with van der Waals surface area (Å²) < 4.78 is 7.20. The molecule has 0 saturated carbocycles. The van der Waals surface area contributed by atoms with Crippen LogP contribution in [0.2, 0.25) is 6.32 Å². The Morgan fingerprint density at radius 1 is 0.980 bits per heavy atom. The van der Waals surface area contributed by atoms with Crippen molar-refractivity contribution >= 4 is 46.5 Å². The van der Waals surface area contributed by atoms with Crippen LogP contribution in [-0.2, 0) is 20.8 Å². The quantitative estimate of drug-likeness (QED) is 0.0959. The van der Waals surface area contributed by atoms with Crippen molar-refractivity contribution in [1.82, 2.24) is 9.80 Å². The van der Waals surface area contributed by atoms with Gasteiger partial charge in [0, 0.05) is 35.7 Å². The molecule has 0 aromatic heterocycles. The lowest BCUT2D eigenvalue weighted by molar-refractivity contribution is -0.144. The molecule has 3 aromatic carbocycles. The SMILES string of the molecule is CCCC1=C2[C@@H](CC/C(=C/c3cc(Br)ccc3O)c3ccccc3)OB(O)C[C@@H]2[C@@H]2C(=O)N(C3CCN(Cc4ccccc4)CC3)C(=O)[C@@H]2C1. The summed E-state index contributed by atoms with van der Waals surface area (Å²) >= 11 is 3.53. The second-order valence-electron chi connectivity index (χ2n) is 14.4. The van der Waals surface area contributed by atoms with E-state index in [0.29, 0.717) is 31.1 Å². The molecule has 3 fully saturated rings. The van der Waals surface area contributed by atoms with Crippen molar-refractivity contribution in [1.29, 1.82) is 0 Å². The van der Waals surface area contributed by atoms with Crippen LogP contribution in [0.1, 0.15) is 68.6 Å². The number of rotatable bonds is 10. The number of hydrogen-bond acceptors (Lipinski definition) is 6. The number of aromatic hydroxyl groups is 1. The van der Waals surface area contributed by atoms with Crippen molar-refractivity contribution < 1.29 is 24.4 Å². The van der Waals surface area contributed by atoms with Crippen LogP contribution < -0.4 is 0 Å². The van der Waals surface area contributed by atoms with Crippen molar-refractivity contribution in [3.63, 3.8) is 0 Å².